The molecule has 2 aromatic heterocycles. The number of anilines is 1. The van der Waals surface area contributed by atoms with Crippen LogP contribution in [0.5, 0.6) is 0 Å². The Morgan fingerprint density at radius 2 is 2.28 bits per heavy atom. The van der Waals surface area contributed by atoms with Gasteiger partial charge < -0.3 is 9.52 Å². The topological polar surface area (TPSA) is 105 Å². The normalized spacial score (nSPS) is 10.8. The predicted octanol–water partition coefficient (Wildman–Crippen LogP) is 2.25. The number of nitrogens with one attached hydrogen (secondary N) is 1. The first kappa shape index (κ1) is 12.0. The van der Waals surface area contributed by atoms with E-state index in [0.717, 1.165) is 0 Å². The summed E-state index contributed by atoms with van der Waals surface area (Å²) in [6, 6.07) is 0. The summed E-state index contributed by atoms with van der Waals surface area (Å²) in [6.45, 7) is 3.71. The van der Waals surface area contributed by atoms with Crippen LogP contribution in [-0.4, -0.2) is 27.5 Å². The number of rotatable bonds is 3. The number of hydrogen-bond acceptors (Lipinski definition) is 5. The van der Waals surface area contributed by atoms with Gasteiger partial charge in [-0.2, -0.15) is 0 Å². The van der Waals surface area contributed by atoms with Gasteiger partial charge in [0.05, 0.1) is 6.20 Å². The molecule has 0 aliphatic heterocycles. The lowest BCUT2D eigenvalue weighted by Crippen LogP contribution is -2.09. The summed E-state index contributed by atoms with van der Waals surface area (Å²) < 4.78 is 5.45. The SMILES string of the molecule is CC(C)c1oc2ncc(C=O)nc2c1NC(=O)O. The third-order valence-corrected chi connectivity index (χ3v) is 2.32. The molecule has 0 aliphatic carbocycles. The van der Waals surface area contributed by atoms with E-state index < -0.39 is 6.09 Å². The van der Waals surface area contributed by atoms with Gasteiger partial charge >= 0.3 is 6.09 Å². The standard InChI is InChI=1S/C11H11N3O4/c1-5(2)9-7(14-11(16)17)8-10(18-9)12-3-6(4-15)13-8/h3-5,14H,1-2H3,(H,16,17). The highest BCUT2D eigenvalue weighted by atomic mass is 16.4. The third-order valence-electron chi connectivity index (χ3n) is 2.32. The Kier molecular flexibility index (Phi) is 2.97. The van der Waals surface area contributed by atoms with E-state index in [2.05, 4.69) is 15.3 Å². The van der Waals surface area contributed by atoms with Crippen molar-refractivity contribution in [2.75, 3.05) is 5.32 Å². The number of hydrogen-bond donors (Lipinski definition) is 2. The maximum absolute atomic E-state index is 10.8. The lowest BCUT2D eigenvalue weighted by Gasteiger charge is -2.04. The number of carbonyl (C=O) groups is 2. The van der Waals surface area contributed by atoms with Crippen LogP contribution in [0.15, 0.2) is 10.6 Å². The molecule has 0 bridgehead atoms. The molecule has 0 spiro atoms. The molecule has 0 fully saturated rings. The number of fused-ring (bicyclic) bond motifs is 1. The van der Waals surface area contributed by atoms with Crippen molar-refractivity contribution in [1.29, 1.82) is 0 Å². The molecule has 2 rings (SSSR count). The molecule has 2 aromatic rings. The van der Waals surface area contributed by atoms with Crippen LogP contribution in [0.2, 0.25) is 0 Å². The van der Waals surface area contributed by atoms with E-state index in [1.54, 1.807) is 0 Å². The van der Waals surface area contributed by atoms with Gasteiger partial charge in [-0.1, -0.05) is 13.8 Å². The number of aromatic nitrogens is 2. The van der Waals surface area contributed by atoms with Crippen molar-refractivity contribution in [2.45, 2.75) is 19.8 Å². The van der Waals surface area contributed by atoms with Crippen LogP contribution in [0.3, 0.4) is 0 Å². The van der Waals surface area contributed by atoms with Gasteiger partial charge in [-0.05, 0) is 0 Å². The van der Waals surface area contributed by atoms with Crippen LogP contribution in [0, 0.1) is 0 Å². The van der Waals surface area contributed by atoms with Gasteiger partial charge in [-0.3, -0.25) is 10.1 Å². The fourth-order valence-corrected chi connectivity index (χ4v) is 1.59. The van der Waals surface area contributed by atoms with Crippen LogP contribution in [0.1, 0.15) is 36.0 Å². The number of nitrogens with zero attached hydrogens (tertiary/aromatic N) is 2. The first-order valence-corrected chi connectivity index (χ1v) is 5.27. The molecule has 18 heavy (non-hydrogen) atoms. The molecule has 0 atom stereocenters. The molecule has 0 radical (unpaired) electrons. The minimum Gasteiger partial charge on any atom is -0.465 e. The zero-order valence-corrected chi connectivity index (χ0v) is 9.80. The molecule has 0 unspecified atom stereocenters. The van der Waals surface area contributed by atoms with Crippen molar-refractivity contribution in [3.63, 3.8) is 0 Å². The lowest BCUT2D eigenvalue weighted by atomic mass is 10.1. The van der Waals surface area contributed by atoms with Crippen LogP contribution >= 0.6 is 0 Å². The van der Waals surface area contributed by atoms with Gasteiger partial charge in [0.2, 0.25) is 5.71 Å². The minimum absolute atomic E-state index is 0.0393. The predicted molar refractivity (Wildman–Crippen MR) is 62.9 cm³/mol. The summed E-state index contributed by atoms with van der Waals surface area (Å²) >= 11 is 0. The summed E-state index contributed by atoms with van der Waals surface area (Å²) in [5.41, 5.74) is 0.800. The second-order valence-corrected chi connectivity index (χ2v) is 3.99. The second kappa shape index (κ2) is 4.44. The summed E-state index contributed by atoms with van der Waals surface area (Å²) in [7, 11) is 0. The Morgan fingerprint density at radius 3 is 2.83 bits per heavy atom. The van der Waals surface area contributed by atoms with Crippen molar-refractivity contribution in [3.05, 3.63) is 17.7 Å². The molecule has 7 heteroatoms. The van der Waals surface area contributed by atoms with E-state index in [0.29, 0.717) is 12.0 Å². The lowest BCUT2D eigenvalue weighted by molar-refractivity contribution is 0.111. The summed E-state index contributed by atoms with van der Waals surface area (Å²) in [4.78, 5) is 29.4. The van der Waals surface area contributed by atoms with E-state index in [-0.39, 0.29) is 28.5 Å². The maximum Gasteiger partial charge on any atom is 0.409 e. The first-order chi connectivity index (χ1) is 8.52. The number of amides is 1. The average Bonchev–Trinajstić information content (AvgIpc) is 2.67. The monoisotopic (exact) mass is 249 g/mol. The van der Waals surface area contributed by atoms with E-state index in [1.807, 2.05) is 13.8 Å². The van der Waals surface area contributed by atoms with Gasteiger partial charge in [0.25, 0.3) is 0 Å². The van der Waals surface area contributed by atoms with Crippen molar-refractivity contribution in [1.82, 2.24) is 9.97 Å². The van der Waals surface area contributed by atoms with Crippen molar-refractivity contribution in [3.8, 4) is 0 Å². The van der Waals surface area contributed by atoms with E-state index in [1.165, 1.54) is 6.20 Å². The van der Waals surface area contributed by atoms with Gasteiger partial charge in [0.15, 0.2) is 11.8 Å². The number of carboxylic acid groups (broad SMARTS) is 1. The molecular formula is C11H11N3O4. The molecule has 2 N–H and O–H groups in total. The molecule has 0 saturated heterocycles. The zero-order valence-electron chi connectivity index (χ0n) is 9.80. The van der Waals surface area contributed by atoms with Crippen LogP contribution in [-0.2, 0) is 0 Å². The van der Waals surface area contributed by atoms with Crippen molar-refractivity contribution < 1.29 is 19.1 Å². The molecule has 1 amide bonds. The Hall–Kier alpha value is -2.44. The highest BCUT2D eigenvalue weighted by molar-refractivity contribution is 5.96. The second-order valence-electron chi connectivity index (χ2n) is 3.99. The Bertz CT molecular complexity index is 618. The number of aldehydes is 1. The fourth-order valence-electron chi connectivity index (χ4n) is 1.59. The summed E-state index contributed by atoms with van der Waals surface area (Å²) in [6.07, 6.45) is 0.588. The van der Waals surface area contributed by atoms with Crippen LogP contribution in [0.25, 0.3) is 11.2 Å². The molecule has 2 heterocycles. The zero-order chi connectivity index (χ0) is 13.3. The smallest absolute Gasteiger partial charge is 0.409 e. The van der Waals surface area contributed by atoms with Crippen molar-refractivity contribution in [2.24, 2.45) is 0 Å². The minimum atomic E-state index is -1.22. The third kappa shape index (κ3) is 2.02. The van der Waals surface area contributed by atoms with Gasteiger partial charge in [-0.25, -0.2) is 14.8 Å². The van der Waals surface area contributed by atoms with Crippen molar-refractivity contribution >= 4 is 29.3 Å². The maximum atomic E-state index is 10.8. The molecule has 94 valence electrons. The van der Waals surface area contributed by atoms with E-state index in [9.17, 15) is 9.59 Å². The largest absolute Gasteiger partial charge is 0.465 e. The molecule has 7 nitrogen and oxygen atoms in total. The molecule has 0 aromatic carbocycles. The van der Waals surface area contributed by atoms with Gasteiger partial charge in [-0.15, -0.1) is 0 Å². The van der Waals surface area contributed by atoms with Gasteiger partial charge in [0.1, 0.15) is 17.1 Å². The van der Waals surface area contributed by atoms with Crippen LogP contribution in [0.4, 0.5) is 10.5 Å². The van der Waals surface area contributed by atoms with Gasteiger partial charge in [0, 0.05) is 5.92 Å². The Balaban J connectivity index is 2.69. The van der Waals surface area contributed by atoms with E-state index in [4.69, 9.17) is 9.52 Å². The molecule has 0 saturated carbocycles. The summed E-state index contributed by atoms with van der Waals surface area (Å²) in [5, 5.41) is 11.0. The fraction of sp³-hybridized carbons (Fsp3) is 0.273. The first-order valence-electron chi connectivity index (χ1n) is 5.27. The molecule has 0 aliphatic rings. The Labute approximate surface area is 102 Å². The highest BCUT2D eigenvalue weighted by Crippen LogP contribution is 2.33. The van der Waals surface area contributed by atoms with Crippen LogP contribution < -0.4 is 5.32 Å². The number of furan rings is 1. The average molecular weight is 249 g/mol. The van der Waals surface area contributed by atoms with E-state index >= 15 is 0 Å². The number of carbonyl (C=O) groups excluding carboxylic acids is 1. The Morgan fingerprint density at radius 1 is 1.56 bits per heavy atom. The summed E-state index contributed by atoms with van der Waals surface area (Å²) in [5.74, 6) is 0.401. The molecular weight excluding hydrogens is 238 g/mol. The quantitative estimate of drug-likeness (QED) is 0.808. The highest BCUT2D eigenvalue weighted by Gasteiger charge is 2.21.